The van der Waals surface area contributed by atoms with Crippen molar-refractivity contribution in [3.63, 3.8) is 0 Å². The van der Waals surface area contributed by atoms with Crippen molar-refractivity contribution in [3.05, 3.63) is 88.0 Å². The Bertz CT molecular complexity index is 1520. The van der Waals surface area contributed by atoms with Crippen molar-refractivity contribution in [2.24, 2.45) is 0 Å². The molecule has 1 aliphatic heterocycles. The van der Waals surface area contributed by atoms with Crippen molar-refractivity contribution >= 4 is 23.5 Å². The van der Waals surface area contributed by atoms with Gasteiger partial charge in [0.25, 0.3) is 6.47 Å². The Hall–Kier alpha value is -4.24. The largest absolute Gasteiger partial charge is 0.489 e. The number of ether oxygens (including phenoxy) is 1. The summed E-state index contributed by atoms with van der Waals surface area (Å²) < 4.78 is 8.21. The second kappa shape index (κ2) is 13.4. The molecule has 0 saturated carbocycles. The first-order valence-corrected chi connectivity index (χ1v) is 14.0. The predicted molar refractivity (Wildman–Crippen MR) is 157 cm³/mol. The SMILES string of the molecule is CC[C@@H]1CN(Cc2cc(C)ccc2C(CC(=O)O)c2ccc3c(nnn3CC)c2C)Cc2ccccc2O1.O=CO. The van der Waals surface area contributed by atoms with Crippen LogP contribution in [0.25, 0.3) is 11.0 Å². The Morgan fingerprint density at radius 1 is 1.12 bits per heavy atom. The maximum Gasteiger partial charge on any atom is 0.304 e. The fourth-order valence-electron chi connectivity index (χ4n) is 5.70. The molecule has 2 atom stereocenters. The molecule has 0 saturated heterocycles. The van der Waals surface area contributed by atoms with Crippen molar-refractivity contribution in [2.75, 3.05) is 6.54 Å². The average molecular weight is 559 g/mol. The lowest BCUT2D eigenvalue weighted by Gasteiger charge is -2.27. The maximum atomic E-state index is 12.2. The lowest BCUT2D eigenvalue weighted by Crippen LogP contribution is -2.32. The molecule has 0 bridgehead atoms. The third-order valence-corrected chi connectivity index (χ3v) is 7.68. The van der Waals surface area contributed by atoms with Crippen molar-refractivity contribution in [1.29, 1.82) is 0 Å². The minimum Gasteiger partial charge on any atom is -0.489 e. The van der Waals surface area contributed by atoms with Crippen LogP contribution in [0, 0.1) is 13.8 Å². The summed E-state index contributed by atoms with van der Waals surface area (Å²) in [6, 6.07) is 18.8. The van der Waals surface area contributed by atoms with E-state index in [1.807, 2.05) is 30.7 Å². The second-order valence-corrected chi connectivity index (χ2v) is 10.4. The van der Waals surface area contributed by atoms with Gasteiger partial charge in [0.15, 0.2) is 0 Å². The van der Waals surface area contributed by atoms with Crippen LogP contribution in [0.1, 0.15) is 66.0 Å². The minimum absolute atomic E-state index is 0.00779. The van der Waals surface area contributed by atoms with E-state index < -0.39 is 5.97 Å². The molecule has 0 spiro atoms. The Morgan fingerprint density at radius 3 is 2.56 bits per heavy atom. The van der Waals surface area contributed by atoms with E-state index in [0.29, 0.717) is 6.54 Å². The van der Waals surface area contributed by atoms with Gasteiger partial charge in [-0.3, -0.25) is 14.5 Å². The molecule has 216 valence electrons. The van der Waals surface area contributed by atoms with Gasteiger partial charge in [0.1, 0.15) is 17.4 Å². The van der Waals surface area contributed by atoms with Crippen LogP contribution < -0.4 is 4.74 Å². The number of hydrogen-bond donors (Lipinski definition) is 2. The molecule has 2 heterocycles. The number of benzene rings is 3. The number of aromatic nitrogens is 3. The normalized spacial score (nSPS) is 15.7. The third-order valence-electron chi connectivity index (χ3n) is 7.68. The van der Waals surface area contributed by atoms with Crippen LogP contribution in [0.15, 0.2) is 54.6 Å². The summed E-state index contributed by atoms with van der Waals surface area (Å²) in [6.07, 6.45) is 1.03. The summed E-state index contributed by atoms with van der Waals surface area (Å²) in [4.78, 5) is 22.9. The van der Waals surface area contributed by atoms with Gasteiger partial charge in [0.05, 0.1) is 11.9 Å². The van der Waals surface area contributed by atoms with E-state index in [1.54, 1.807) is 0 Å². The molecule has 41 heavy (non-hydrogen) atoms. The van der Waals surface area contributed by atoms with E-state index in [4.69, 9.17) is 14.6 Å². The number of rotatable bonds is 8. The van der Waals surface area contributed by atoms with Crippen LogP contribution in [0.3, 0.4) is 0 Å². The van der Waals surface area contributed by atoms with E-state index in [2.05, 4.69) is 71.5 Å². The van der Waals surface area contributed by atoms with E-state index in [1.165, 1.54) is 5.56 Å². The Balaban J connectivity index is 0.00000124. The fourth-order valence-corrected chi connectivity index (χ4v) is 5.70. The lowest BCUT2D eigenvalue weighted by molar-refractivity contribution is -0.137. The van der Waals surface area contributed by atoms with Crippen molar-refractivity contribution < 1.29 is 24.5 Å². The number of carboxylic acids is 1. The number of hydrogen-bond acceptors (Lipinski definition) is 6. The first-order valence-electron chi connectivity index (χ1n) is 14.0. The van der Waals surface area contributed by atoms with Crippen LogP contribution in [0.2, 0.25) is 0 Å². The molecule has 4 aromatic rings. The van der Waals surface area contributed by atoms with Gasteiger partial charge < -0.3 is 14.9 Å². The number of aliphatic carboxylic acids is 1. The number of nitrogens with zero attached hydrogens (tertiary/aromatic N) is 4. The molecular formula is C32H38N4O5. The Kier molecular flexibility index (Phi) is 9.73. The first-order chi connectivity index (χ1) is 19.8. The Morgan fingerprint density at radius 2 is 1.85 bits per heavy atom. The minimum atomic E-state index is -0.818. The molecule has 1 aliphatic rings. The van der Waals surface area contributed by atoms with E-state index in [9.17, 15) is 9.90 Å². The van der Waals surface area contributed by atoms with E-state index in [-0.39, 0.29) is 24.9 Å². The fraction of sp³-hybridized carbons (Fsp3) is 0.375. The molecule has 5 rings (SSSR count). The summed E-state index contributed by atoms with van der Waals surface area (Å²) in [7, 11) is 0. The van der Waals surface area contributed by atoms with E-state index >= 15 is 0 Å². The molecule has 1 aromatic heterocycles. The van der Waals surface area contributed by atoms with Crippen LogP contribution in [0.5, 0.6) is 5.75 Å². The van der Waals surface area contributed by atoms with Gasteiger partial charge in [-0.15, -0.1) is 5.10 Å². The highest BCUT2D eigenvalue weighted by Crippen LogP contribution is 2.36. The summed E-state index contributed by atoms with van der Waals surface area (Å²) in [5, 5.41) is 25.6. The van der Waals surface area contributed by atoms with Crippen molar-refractivity contribution in [3.8, 4) is 5.75 Å². The number of carboxylic acid groups (broad SMARTS) is 2. The highest BCUT2D eigenvalue weighted by Gasteiger charge is 2.27. The summed E-state index contributed by atoms with van der Waals surface area (Å²) in [5.41, 5.74) is 8.33. The summed E-state index contributed by atoms with van der Waals surface area (Å²) >= 11 is 0. The first kappa shape index (κ1) is 29.7. The van der Waals surface area contributed by atoms with Gasteiger partial charge in [0, 0.05) is 37.7 Å². The third kappa shape index (κ3) is 6.74. The average Bonchev–Trinajstić information content (AvgIpc) is 3.28. The summed E-state index contributed by atoms with van der Waals surface area (Å²) in [5.74, 6) is -0.155. The zero-order chi connectivity index (χ0) is 29.5. The Labute approximate surface area is 240 Å². The molecule has 0 aliphatic carbocycles. The lowest BCUT2D eigenvalue weighted by atomic mass is 9.82. The summed E-state index contributed by atoms with van der Waals surface area (Å²) in [6.45, 7) is 11.1. The van der Waals surface area contributed by atoms with Gasteiger partial charge in [0.2, 0.25) is 0 Å². The zero-order valence-corrected chi connectivity index (χ0v) is 24.1. The molecule has 0 fully saturated rings. The quantitative estimate of drug-likeness (QED) is 0.270. The van der Waals surface area contributed by atoms with Gasteiger partial charge >= 0.3 is 5.97 Å². The maximum absolute atomic E-state index is 12.2. The van der Waals surface area contributed by atoms with Crippen LogP contribution in [0.4, 0.5) is 0 Å². The van der Waals surface area contributed by atoms with Crippen LogP contribution in [-0.4, -0.2) is 55.2 Å². The van der Waals surface area contributed by atoms with Gasteiger partial charge in [-0.2, -0.15) is 0 Å². The van der Waals surface area contributed by atoms with Crippen LogP contribution in [-0.2, 0) is 29.2 Å². The smallest absolute Gasteiger partial charge is 0.304 e. The highest BCUT2D eigenvalue weighted by molar-refractivity contribution is 5.80. The number of aryl methyl sites for hydroxylation is 3. The number of para-hydroxylation sites is 1. The van der Waals surface area contributed by atoms with Gasteiger partial charge in [-0.05, 0) is 61.6 Å². The predicted octanol–water partition coefficient (Wildman–Crippen LogP) is 5.55. The van der Waals surface area contributed by atoms with Gasteiger partial charge in [-0.25, -0.2) is 4.68 Å². The zero-order valence-electron chi connectivity index (χ0n) is 24.1. The molecule has 9 nitrogen and oxygen atoms in total. The van der Waals surface area contributed by atoms with Gasteiger partial charge in [-0.1, -0.05) is 60.2 Å². The van der Waals surface area contributed by atoms with E-state index in [0.717, 1.165) is 70.7 Å². The highest BCUT2D eigenvalue weighted by atomic mass is 16.5. The number of fused-ring (bicyclic) bond motifs is 2. The standard InChI is InChI=1S/C31H36N4O3.CH2O2/c1-5-24-19-34(17-22-9-7-8-10-29(22)38-24)18-23-15-20(3)11-12-26(23)27(16-30(36)37)25-13-14-28-31(21(25)4)32-33-35(28)6-2;2-1-3/h7-15,24,27H,5-6,16-19H2,1-4H3,(H,36,37);1H,(H,2,3)/t24-,27?;/m1./s1. The number of carbonyl (C=O) groups is 2. The molecule has 3 aromatic carbocycles. The molecular weight excluding hydrogens is 520 g/mol. The molecule has 1 unspecified atom stereocenters. The molecule has 9 heteroatoms. The van der Waals surface area contributed by atoms with Crippen LogP contribution >= 0.6 is 0 Å². The molecule has 0 amide bonds. The topological polar surface area (TPSA) is 118 Å². The second-order valence-electron chi connectivity index (χ2n) is 10.4. The monoisotopic (exact) mass is 558 g/mol. The van der Waals surface area contributed by atoms with Crippen molar-refractivity contribution in [1.82, 2.24) is 19.9 Å². The molecule has 2 N–H and O–H groups in total. The van der Waals surface area contributed by atoms with Crippen molar-refractivity contribution in [2.45, 2.75) is 72.2 Å². The molecule has 0 radical (unpaired) electrons.